The van der Waals surface area contributed by atoms with Gasteiger partial charge in [0.1, 0.15) is 17.5 Å². The summed E-state index contributed by atoms with van der Waals surface area (Å²) < 4.78 is 10.5. The van der Waals surface area contributed by atoms with Gasteiger partial charge in [-0.15, -0.1) is 0 Å². The Labute approximate surface area is 166 Å². The second-order valence-electron chi connectivity index (χ2n) is 6.83. The van der Waals surface area contributed by atoms with E-state index < -0.39 is 6.04 Å². The van der Waals surface area contributed by atoms with E-state index in [9.17, 15) is 9.59 Å². The van der Waals surface area contributed by atoms with E-state index in [0.29, 0.717) is 30.0 Å². The molecule has 0 saturated heterocycles. The molecule has 0 radical (unpaired) electrons. The minimum atomic E-state index is -0.638. The van der Waals surface area contributed by atoms with Crippen LogP contribution in [0.25, 0.3) is 0 Å². The van der Waals surface area contributed by atoms with Crippen LogP contribution in [0.3, 0.4) is 0 Å². The van der Waals surface area contributed by atoms with Gasteiger partial charge < -0.3 is 20.1 Å². The van der Waals surface area contributed by atoms with E-state index in [4.69, 9.17) is 9.47 Å². The summed E-state index contributed by atoms with van der Waals surface area (Å²) in [6.07, 6.45) is 0.532. The average molecular weight is 384 g/mol. The molecule has 0 aliphatic heterocycles. The van der Waals surface area contributed by atoms with Crippen molar-refractivity contribution in [2.45, 2.75) is 33.2 Å². The second kappa shape index (κ2) is 10.3. The van der Waals surface area contributed by atoms with Crippen LogP contribution < -0.4 is 20.1 Å². The van der Waals surface area contributed by atoms with Crippen LogP contribution in [0.5, 0.6) is 11.5 Å². The molecule has 150 valence electrons. The molecular weight excluding hydrogens is 356 g/mol. The molecule has 0 aliphatic rings. The van der Waals surface area contributed by atoms with Crippen LogP contribution in [-0.2, 0) is 4.79 Å². The van der Waals surface area contributed by atoms with Crippen LogP contribution in [0.1, 0.15) is 37.6 Å². The van der Waals surface area contributed by atoms with Crippen molar-refractivity contribution in [3.05, 3.63) is 54.1 Å². The fourth-order valence-corrected chi connectivity index (χ4v) is 2.72. The number of ether oxygens (including phenoxy) is 2. The molecule has 2 N–H and O–H groups in total. The van der Waals surface area contributed by atoms with Crippen LogP contribution in [0, 0.1) is 5.92 Å². The maximum atomic E-state index is 12.7. The van der Waals surface area contributed by atoms with Crippen LogP contribution in [0.4, 0.5) is 5.69 Å². The highest BCUT2D eigenvalue weighted by Gasteiger charge is 2.22. The van der Waals surface area contributed by atoms with E-state index >= 15 is 0 Å². The van der Waals surface area contributed by atoms with E-state index in [1.54, 1.807) is 55.6 Å². The van der Waals surface area contributed by atoms with E-state index in [1.165, 1.54) is 0 Å². The number of benzene rings is 2. The molecule has 2 rings (SSSR count). The Kier molecular flexibility index (Phi) is 7.87. The van der Waals surface area contributed by atoms with Gasteiger partial charge in [0.25, 0.3) is 5.91 Å². The van der Waals surface area contributed by atoms with Crippen molar-refractivity contribution in [1.29, 1.82) is 0 Å². The number of rotatable bonds is 9. The molecule has 6 heteroatoms. The third-order valence-corrected chi connectivity index (χ3v) is 4.11. The minimum Gasteiger partial charge on any atom is -0.497 e. The Morgan fingerprint density at radius 1 is 0.964 bits per heavy atom. The minimum absolute atomic E-state index is 0.243. The zero-order valence-electron chi connectivity index (χ0n) is 16.8. The van der Waals surface area contributed by atoms with Crippen molar-refractivity contribution >= 4 is 17.5 Å². The Balaban J connectivity index is 2.06. The fraction of sp³-hybridized carbons (Fsp3) is 0.364. The Morgan fingerprint density at radius 2 is 1.57 bits per heavy atom. The number of methoxy groups -OCH3 is 1. The van der Waals surface area contributed by atoms with Crippen molar-refractivity contribution in [3.8, 4) is 11.5 Å². The number of nitrogens with one attached hydrogen (secondary N) is 2. The molecule has 28 heavy (non-hydrogen) atoms. The molecule has 0 aromatic heterocycles. The molecule has 1 atom stereocenters. The quantitative estimate of drug-likeness (QED) is 0.688. The number of hydrogen-bond donors (Lipinski definition) is 2. The normalized spacial score (nSPS) is 11.6. The number of hydrogen-bond acceptors (Lipinski definition) is 4. The first kappa shape index (κ1) is 21.3. The summed E-state index contributed by atoms with van der Waals surface area (Å²) in [5.41, 5.74) is 1.13. The Morgan fingerprint density at radius 3 is 2.11 bits per heavy atom. The maximum Gasteiger partial charge on any atom is 0.251 e. The first-order valence-electron chi connectivity index (χ1n) is 9.41. The molecule has 0 fully saturated rings. The topological polar surface area (TPSA) is 76.7 Å². The number of carbonyl (C=O) groups is 2. The molecular formula is C22H28N2O4. The molecule has 2 amide bonds. The van der Waals surface area contributed by atoms with Gasteiger partial charge in [-0.3, -0.25) is 9.59 Å². The lowest BCUT2D eigenvalue weighted by Gasteiger charge is -2.20. The highest BCUT2D eigenvalue weighted by atomic mass is 16.5. The highest BCUT2D eigenvalue weighted by molar-refractivity contribution is 6.01. The maximum absolute atomic E-state index is 12.7. The van der Waals surface area contributed by atoms with Gasteiger partial charge in [-0.25, -0.2) is 0 Å². The average Bonchev–Trinajstić information content (AvgIpc) is 2.68. The van der Waals surface area contributed by atoms with Gasteiger partial charge in [-0.2, -0.15) is 0 Å². The van der Waals surface area contributed by atoms with Gasteiger partial charge in [-0.05, 0) is 67.8 Å². The SMILES string of the molecule is CCOc1ccc(NC(=O)C(CC(C)C)NC(=O)c2ccc(OC)cc2)cc1. The number of carbonyl (C=O) groups excluding carboxylic acids is 2. The summed E-state index contributed by atoms with van der Waals surface area (Å²) in [5.74, 6) is 1.11. The lowest BCUT2D eigenvalue weighted by molar-refractivity contribution is -0.118. The zero-order chi connectivity index (χ0) is 20.5. The molecule has 0 aliphatic carbocycles. The summed E-state index contributed by atoms with van der Waals surface area (Å²) >= 11 is 0. The molecule has 0 bridgehead atoms. The highest BCUT2D eigenvalue weighted by Crippen LogP contribution is 2.17. The third kappa shape index (κ3) is 6.30. The molecule has 0 saturated carbocycles. The summed E-state index contributed by atoms with van der Waals surface area (Å²) in [6, 6.07) is 13.3. The molecule has 1 unspecified atom stereocenters. The molecule has 0 heterocycles. The first-order chi connectivity index (χ1) is 13.4. The lowest BCUT2D eigenvalue weighted by Crippen LogP contribution is -2.44. The number of anilines is 1. The fourth-order valence-electron chi connectivity index (χ4n) is 2.72. The van der Waals surface area contributed by atoms with Crippen molar-refractivity contribution in [2.75, 3.05) is 19.0 Å². The lowest BCUT2D eigenvalue weighted by atomic mass is 10.0. The van der Waals surface area contributed by atoms with E-state index in [1.807, 2.05) is 20.8 Å². The smallest absolute Gasteiger partial charge is 0.251 e. The van der Waals surface area contributed by atoms with Gasteiger partial charge in [0.15, 0.2) is 0 Å². The molecule has 2 aromatic rings. The third-order valence-electron chi connectivity index (χ3n) is 4.11. The summed E-state index contributed by atoms with van der Waals surface area (Å²) in [7, 11) is 1.57. The first-order valence-corrected chi connectivity index (χ1v) is 9.41. The van der Waals surface area contributed by atoms with Crippen molar-refractivity contribution in [1.82, 2.24) is 5.32 Å². The Hall–Kier alpha value is -3.02. The van der Waals surface area contributed by atoms with Crippen LogP contribution in [0.15, 0.2) is 48.5 Å². The number of amides is 2. The molecule has 2 aromatic carbocycles. The van der Waals surface area contributed by atoms with E-state index in [2.05, 4.69) is 10.6 Å². The molecule has 0 spiro atoms. The van der Waals surface area contributed by atoms with E-state index in [0.717, 1.165) is 5.75 Å². The van der Waals surface area contributed by atoms with Crippen molar-refractivity contribution in [2.24, 2.45) is 5.92 Å². The zero-order valence-corrected chi connectivity index (χ0v) is 16.8. The summed E-state index contributed by atoms with van der Waals surface area (Å²) in [5, 5.41) is 5.70. The predicted octanol–water partition coefficient (Wildman–Crippen LogP) is 3.88. The standard InChI is InChI=1S/C22H28N2O4/c1-5-28-19-12-8-17(9-13-19)23-22(26)20(14-15(2)3)24-21(25)16-6-10-18(27-4)11-7-16/h6-13,15,20H,5,14H2,1-4H3,(H,23,26)(H,24,25). The largest absolute Gasteiger partial charge is 0.497 e. The Bertz CT molecular complexity index is 770. The van der Waals surface area contributed by atoms with Crippen LogP contribution in [-0.4, -0.2) is 31.6 Å². The van der Waals surface area contributed by atoms with Gasteiger partial charge in [0.2, 0.25) is 5.91 Å². The van der Waals surface area contributed by atoms with Crippen LogP contribution >= 0.6 is 0 Å². The van der Waals surface area contributed by atoms with Crippen LogP contribution in [0.2, 0.25) is 0 Å². The molecule has 6 nitrogen and oxygen atoms in total. The van der Waals surface area contributed by atoms with Crippen molar-refractivity contribution in [3.63, 3.8) is 0 Å². The predicted molar refractivity (Wildman–Crippen MR) is 110 cm³/mol. The monoisotopic (exact) mass is 384 g/mol. The second-order valence-corrected chi connectivity index (χ2v) is 6.83. The van der Waals surface area contributed by atoms with Crippen molar-refractivity contribution < 1.29 is 19.1 Å². The van der Waals surface area contributed by atoms with Gasteiger partial charge >= 0.3 is 0 Å². The summed E-state index contributed by atoms with van der Waals surface area (Å²) in [6.45, 7) is 6.52. The van der Waals surface area contributed by atoms with E-state index in [-0.39, 0.29) is 17.7 Å². The van der Waals surface area contributed by atoms with Gasteiger partial charge in [0.05, 0.1) is 13.7 Å². The van der Waals surface area contributed by atoms with Gasteiger partial charge in [-0.1, -0.05) is 13.8 Å². The summed E-state index contributed by atoms with van der Waals surface area (Å²) in [4.78, 5) is 25.3. The van der Waals surface area contributed by atoms with Gasteiger partial charge in [0, 0.05) is 11.3 Å².